The van der Waals surface area contributed by atoms with Crippen LogP contribution in [0.15, 0.2) is 0 Å². The smallest absolute Gasteiger partial charge is 0.0701 e. The van der Waals surface area contributed by atoms with Gasteiger partial charge in [-0.1, -0.05) is 0 Å². The summed E-state index contributed by atoms with van der Waals surface area (Å²) in [5, 5.41) is 8.06. The predicted molar refractivity (Wildman–Crippen MR) is 39.0 cm³/mol. The van der Waals surface area contributed by atoms with Crippen LogP contribution in [0.1, 0.15) is 13.8 Å². The molecular weight excluding hydrogens is 132 g/mol. The fourth-order valence-electron chi connectivity index (χ4n) is 0.440. The summed E-state index contributed by atoms with van der Waals surface area (Å²) in [7, 11) is 0. The molecule has 1 N–H and O–H groups in total. The largest absolute Gasteiger partial charge is 0.394 e. The van der Waals surface area contributed by atoms with Gasteiger partial charge in [0.05, 0.1) is 26.4 Å². The molecule has 0 spiro atoms. The Kier molecular flexibility index (Phi) is 6.91. The summed E-state index contributed by atoms with van der Waals surface area (Å²) in [6.07, 6.45) is -0.167. The Hall–Kier alpha value is -0.120. The van der Waals surface area contributed by atoms with Crippen molar-refractivity contribution in [3.63, 3.8) is 0 Å². The summed E-state index contributed by atoms with van der Waals surface area (Å²) < 4.78 is 9.89. The maximum atomic E-state index is 8.06. The molecule has 0 aromatic heterocycles. The minimum atomic E-state index is -0.167. The summed E-state index contributed by atoms with van der Waals surface area (Å²) >= 11 is 0. The van der Waals surface area contributed by atoms with E-state index in [1.807, 2.05) is 0 Å². The Morgan fingerprint density at radius 2 is 1.20 bits per heavy atom. The highest BCUT2D eigenvalue weighted by molar-refractivity contribution is 4.37. The Morgan fingerprint density at radius 1 is 1.00 bits per heavy atom. The SMILES string of the molecule is C1COCCO1.CC(C)O. The van der Waals surface area contributed by atoms with Crippen molar-refractivity contribution in [2.24, 2.45) is 0 Å². The van der Waals surface area contributed by atoms with Gasteiger partial charge in [-0.25, -0.2) is 0 Å². The van der Waals surface area contributed by atoms with Gasteiger partial charge in [-0.2, -0.15) is 0 Å². The zero-order valence-electron chi connectivity index (χ0n) is 6.67. The number of rotatable bonds is 0. The van der Waals surface area contributed by atoms with Gasteiger partial charge in [-0.05, 0) is 13.8 Å². The van der Waals surface area contributed by atoms with Crippen LogP contribution < -0.4 is 0 Å². The van der Waals surface area contributed by atoms with Gasteiger partial charge in [-0.15, -0.1) is 0 Å². The second kappa shape index (κ2) is 6.99. The molecule has 3 nitrogen and oxygen atoms in total. The van der Waals surface area contributed by atoms with E-state index in [1.54, 1.807) is 13.8 Å². The average molecular weight is 148 g/mol. The highest BCUT2D eigenvalue weighted by Gasteiger charge is 1.94. The molecule has 0 aromatic rings. The van der Waals surface area contributed by atoms with Crippen molar-refractivity contribution in [2.45, 2.75) is 20.0 Å². The number of aliphatic hydroxyl groups excluding tert-OH is 1. The molecule has 0 atom stereocenters. The van der Waals surface area contributed by atoms with Crippen molar-refractivity contribution in [3.8, 4) is 0 Å². The fourth-order valence-corrected chi connectivity index (χ4v) is 0.440. The number of hydrogen-bond acceptors (Lipinski definition) is 3. The van der Waals surface area contributed by atoms with Crippen LogP contribution in [0.25, 0.3) is 0 Å². The quantitative estimate of drug-likeness (QED) is 0.541. The molecule has 62 valence electrons. The minimum Gasteiger partial charge on any atom is -0.394 e. The molecule has 0 radical (unpaired) electrons. The first kappa shape index (κ1) is 9.88. The number of aliphatic hydroxyl groups is 1. The maximum Gasteiger partial charge on any atom is 0.0701 e. The molecule has 0 amide bonds. The van der Waals surface area contributed by atoms with Gasteiger partial charge < -0.3 is 14.6 Å². The predicted octanol–water partition coefficient (Wildman–Crippen LogP) is 0.420. The molecule has 10 heavy (non-hydrogen) atoms. The molecule has 1 aliphatic heterocycles. The molecule has 0 aromatic carbocycles. The molecule has 1 fully saturated rings. The van der Waals surface area contributed by atoms with Crippen molar-refractivity contribution >= 4 is 0 Å². The van der Waals surface area contributed by atoms with Crippen LogP contribution in [0, 0.1) is 0 Å². The lowest BCUT2D eigenvalue weighted by Crippen LogP contribution is -2.16. The van der Waals surface area contributed by atoms with Crippen molar-refractivity contribution in [1.29, 1.82) is 0 Å². The standard InChI is InChI=1S/C4H8O2.C3H8O/c1-2-6-4-3-5-1;1-3(2)4/h1-4H2;3-4H,1-2H3. The van der Waals surface area contributed by atoms with Crippen LogP contribution in [-0.4, -0.2) is 37.6 Å². The van der Waals surface area contributed by atoms with E-state index in [9.17, 15) is 0 Å². The van der Waals surface area contributed by atoms with Gasteiger partial charge in [0.1, 0.15) is 0 Å². The lowest BCUT2D eigenvalue weighted by molar-refractivity contribution is -0.0334. The van der Waals surface area contributed by atoms with Crippen LogP contribution in [0.5, 0.6) is 0 Å². The Balaban J connectivity index is 0.000000180. The molecule has 1 saturated heterocycles. The van der Waals surface area contributed by atoms with E-state index >= 15 is 0 Å². The second-order valence-corrected chi connectivity index (χ2v) is 2.32. The normalized spacial score (nSPS) is 18.0. The molecular formula is C7H16O3. The maximum absolute atomic E-state index is 8.06. The van der Waals surface area contributed by atoms with E-state index in [4.69, 9.17) is 14.6 Å². The molecule has 0 saturated carbocycles. The Bertz CT molecular complexity index is 45.6. The summed E-state index contributed by atoms with van der Waals surface area (Å²) in [6, 6.07) is 0. The highest BCUT2D eigenvalue weighted by atomic mass is 16.6. The van der Waals surface area contributed by atoms with Gasteiger partial charge in [0.25, 0.3) is 0 Å². The van der Waals surface area contributed by atoms with E-state index in [2.05, 4.69) is 0 Å². The second-order valence-electron chi connectivity index (χ2n) is 2.32. The number of hydrogen-bond donors (Lipinski definition) is 1. The van der Waals surface area contributed by atoms with E-state index in [0.29, 0.717) is 0 Å². The fraction of sp³-hybridized carbons (Fsp3) is 1.00. The molecule has 3 heteroatoms. The molecule has 1 rings (SSSR count). The van der Waals surface area contributed by atoms with Crippen LogP contribution in [0.2, 0.25) is 0 Å². The Morgan fingerprint density at radius 3 is 1.30 bits per heavy atom. The van der Waals surface area contributed by atoms with Gasteiger partial charge in [-0.3, -0.25) is 0 Å². The van der Waals surface area contributed by atoms with E-state index in [-0.39, 0.29) is 6.10 Å². The van der Waals surface area contributed by atoms with Crippen molar-refractivity contribution in [3.05, 3.63) is 0 Å². The van der Waals surface area contributed by atoms with E-state index < -0.39 is 0 Å². The van der Waals surface area contributed by atoms with Gasteiger partial charge in [0.2, 0.25) is 0 Å². The molecule has 0 aliphatic carbocycles. The third kappa shape index (κ3) is 10.8. The third-order valence-corrected chi connectivity index (χ3v) is 0.744. The van der Waals surface area contributed by atoms with E-state index in [1.165, 1.54) is 0 Å². The summed E-state index contributed by atoms with van der Waals surface area (Å²) in [6.45, 7) is 6.56. The third-order valence-electron chi connectivity index (χ3n) is 0.744. The van der Waals surface area contributed by atoms with E-state index in [0.717, 1.165) is 26.4 Å². The van der Waals surface area contributed by atoms with Crippen molar-refractivity contribution < 1.29 is 14.6 Å². The zero-order valence-corrected chi connectivity index (χ0v) is 6.67. The van der Waals surface area contributed by atoms with Gasteiger partial charge in [0, 0.05) is 6.10 Å². The minimum absolute atomic E-state index is 0.167. The molecule has 1 aliphatic rings. The summed E-state index contributed by atoms with van der Waals surface area (Å²) in [5.74, 6) is 0. The monoisotopic (exact) mass is 148 g/mol. The molecule has 0 unspecified atom stereocenters. The average Bonchev–Trinajstić information content (AvgIpc) is 1.90. The topological polar surface area (TPSA) is 38.7 Å². The lowest BCUT2D eigenvalue weighted by Gasteiger charge is -2.09. The van der Waals surface area contributed by atoms with Gasteiger partial charge >= 0.3 is 0 Å². The first-order chi connectivity index (χ1) is 4.73. The first-order valence-corrected chi connectivity index (χ1v) is 3.57. The number of ether oxygens (including phenoxy) is 2. The first-order valence-electron chi connectivity index (χ1n) is 3.57. The molecule has 1 heterocycles. The highest BCUT2D eigenvalue weighted by Crippen LogP contribution is 1.85. The summed E-state index contributed by atoms with van der Waals surface area (Å²) in [4.78, 5) is 0. The molecule has 0 bridgehead atoms. The van der Waals surface area contributed by atoms with Crippen LogP contribution in [-0.2, 0) is 9.47 Å². The van der Waals surface area contributed by atoms with Crippen molar-refractivity contribution in [1.82, 2.24) is 0 Å². The van der Waals surface area contributed by atoms with Crippen LogP contribution in [0.3, 0.4) is 0 Å². The summed E-state index contributed by atoms with van der Waals surface area (Å²) in [5.41, 5.74) is 0. The van der Waals surface area contributed by atoms with Crippen LogP contribution >= 0.6 is 0 Å². The zero-order chi connectivity index (χ0) is 7.82. The Labute approximate surface area is 62.0 Å². The lowest BCUT2D eigenvalue weighted by atomic mass is 10.5. The van der Waals surface area contributed by atoms with Crippen molar-refractivity contribution in [2.75, 3.05) is 26.4 Å². The van der Waals surface area contributed by atoms with Gasteiger partial charge in [0.15, 0.2) is 0 Å². The van der Waals surface area contributed by atoms with Crippen LogP contribution in [0.4, 0.5) is 0 Å².